The van der Waals surface area contributed by atoms with E-state index in [1.807, 2.05) is 30.3 Å². The minimum atomic E-state index is -1.82. The van der Waals surface area contributed by atoms with E-state index in [-0.39, 0.29) is 5.91 Å². The van der Waals surface area contributed by atoms with Crippen molar-refractivity contribution in [3.8, 4) is 0 Å². The Balaban J connectivity index is 0. The number of hydrogen-bond donors (Lipinski definition) is 5. The summed E-state index contributed by atoms with van der Waals surface area (Å²) < 4.78 is 0. The molecule has 0 aliphatic heterocycles. The van der Waals surface area contributed by atoms with E-state index in [4.69, 9.17) is 39.6 Å². The second-order valence-corrected chi connectivity index (χ2v) is 3.27. The number of para-hydroxylation sites is 1. The molecule has 1 aromatic carbocycles. The third-order valence-electron chi connectivity index (χ3n) is 1.46. The summed E-state index contributed by atoms with van der Waals surface area (Å²) in [4.78, 5) is 46.9. The third-order valence-corrected chi connectivity index (χ3v) is 1.46. The maximum Gasteiger partial charge on any atom is 0.414 e. The van der Waals surface area contributed by atoms with Crippen LogP contribution in [0.1, 0.15) is 6.92 Å². The molecule has 0 heterocycles. The van der Waals surface area contributed by atoms with Crippen molar-refractivity contribution >= 4 is 35.5 Å². The number of rotatable bonds is 1. The highest BCUT2D eigenvalue weighted by Crippen LogP contribution is 2.03. The van der Waals surface area contributed by atoms with E-state index in [1.165, 1.54) is 6.92 Å². The molecule has 5 N–H and O–H groups in total. The van der Waals surface area contributed by atoms with Crippen LogP contribution in [0.4, 0.5) is 5.69 Å². The Hall–Kier alpha value is -3.43. The van der Waals surface area contributed by atoms with Gasteiger partial charge < -0.3 is 25.7 Å². The normalized spacial score (nSPS) is 8.05. The van der Waals surface area contributed by atoms with Crippen LogP contribution in [-0.2, 0) is 24.0 Å². The fraction of sp³-hybridized carbons (Fsp3) is 0.0833. The van der Waals surface area contributed by atoms with E-state index < -0.39 is 23.9 Å². The van der Waals surface area contributed by atoms with Gasteiger partial charge in [0.25, 0.3) is 0 Å². The fourth-order valence-corrected chi connectivity index (χ4v) is 0.725. The summed E-state index contributed by atoms with van der Waals surface area (Å²) in [5.41, 5.74) is 0.843. The van der Waals surface area contributed by atoms with Crippen LogP contribution in [0.15, 0.2) is 30.3 Å². The number of carboxylic acids is 4. The average Bonchev–Trinajstić information content (AvgIpc) is 2.40. The molecule has 0 aliphatic carbocycles. The molecule has 0 saturated carbocycles. The summed E-state index contributed by atoms with van der Waals surface area (Å²) >= 11 is 0. The number of anilines is 1. The Labute approximate surface area is 123 Å². The average molecular weight is 315 g/mol. The molecule has 0 unspecified atom stereocenters. The molecule has 22 heavy (non-hydrogen) atoms. The molecule has 0 fully saturated rings. The van der Waals surface area contributed by atoms with Gasteiger partial charge in [-0.2, -0.15) is 0 Å². The van der Waals surface area contributed by atoms with Crippen LogP contribution in [0.3, 0.4) is 0 Å². The molecule has 120 valence electrons. The number of hydrogen-bond acceptors (Lipinski definition) is 5. The number of benzene rings is 1. The predicted octanol–water partition coefficient (Wildman–Crippen LogP) is -0.0438. The lowest BCUT2D eigenvalue weighted by molar-refractivity contribution is -0.159. The lowest BCUT2D eigenvalue weighted by atomic mass is 10.3. The van der Waals surface area contributed by atoms with Crippen LogP contribution in [0.25, 0.3) is 0 Å². The number of carbonyl (C=O) groups is 5. The molecular weight excluding hydrogens is 302 g/mol. The van der Waals surface area contributed by atoms with Gasteiger partial charge in [-0.1, -0.05) is 18.2 Å². The molecular formula is C12H13NO9. The molecule has 10 nitrogen and oxygen atoms in total. The van der Waals surface area contributed by atoms with Crippen LogP contribution in [0, 0.1) is 0 Å². The minimum Gasteiger partial charge on any atom is -0.473 e. The molecule has 1 amide bonds. The summed E-state index contributed by atoms with van der Waals surface area (Å²) in [7, 11) is 0. The van der Waals surface area contributed by atoms with Gasteiger partial charge in [0.1, 0.15) is 0 Å². The highest BCUT2D eigenvalue weighted by atomic mass is 16.4. The van der Waals surface area contributed by atoms with Gasteiger partial charge in [0, 0.05) is 12.6 Å². The van der Waals surface area contributed by atoms with Crippen molar-refractivity contribution in [1.82, 2.24) is 0 Å². The van der Waals surface area contributed by atoms with E-state index in [2.05, 4.69) is 5.32 Å². The highest BCUT2D eigenvalue weighted by molar-refractivity contribution is 6.27. The van der Waals surface area contributed by atoms with Gasteiger partial charge in [-0.15, -0.1) is 0 Å². The first-order valence-electron chi connectivity index (χ1n) is 5.33. The number of amides is 1. The molecule has 1 aromatic rings. The smallest absolute Gasteiger partial charge is 0.414 e. The van der Waals surface area contributed by atoms with E-state index >= 15 is 0 Å². The SMILES string of the molecule is CC(=O)Nc1ccccc1.O=C(O)C(=O)O.O=C(O)C(=O)O. The van der Waals surface area contributed by atoms with Gasteiger partial charge in [-0.25, -0.2) is 19.2 Å². The van der Waals surface area contributed by atoms with Crippen LogP contribution in [0.2, 0.25) is 0 Å². The summed E-state index contributed by atoms with van der Waals surface area (Å²) in [6, 6.07) is 9.37. The second-order valence-electron chi connectivity index (χ2n) is 3.27. The zero-order valence-electron chi connectivity index (χ0n) is 11.2. The van der Waals surface area contributed by atoms with Gasteiger partial charge in [0.05, 0.1) is 0 Å². The molecule has 10 heteroatoms. The van der Waals surface area contributed by atoms with Crippen molar-refractivity contribution in [3.05, 3.63) is 30.3 Å². The van der Waals surface area contributed by atoms with Crippen molar-refractivity contribution in [3.63, 3.8) is 0 Å². The molecule has 0 bridgehead atoms. The molecule has 0 aromatic heterocycles. The summed E-state index contributed by atoms with van der Waals surface area (Å²) in [6.45, 7) is 1.49. The van der Waals surface area contributed by atoms with Crippen molar-refractivity contribution in [1.29, 1.82) is 0 Å². The molecule has 0 saturated heterocycles. The summed E-state index contributed by atoms with van der Waals surface area (Å²) in [6.07, 6.45) is 0. The Bertz CT molecular complexity index is 491. The Morgan fingerprint density at radius 3 is 1.27 bits per heavy atom. The largest absolute Gasteiger partial charge is 0.473 e. The zero-order chi connectivity index (χ0) is 17.7. The van der Waals surface area contributed by atoms with Crippen molar-refractivity contribution < 1.29 is 44.4 Å². The van der Waals surface area contributed by atoms with Crippen LogP contribution in [-0.4, -0.2) is 50.2 Å². The first-order valence-corrected chi connectivity index (χ1v) is 5.33. The molecule has 0 aliphatic rings. The van der Waals surface area contributed by atoms with Gasteiger partial charge in [0.2, 0.25) is 5.91 Å². The number of carbonyl (C=O) groups excluding carboxylic acids is 1. The minimum absolute atomic E-state index is 0.0359. The number of nitrogens with one attached hydrogen (secondary N) is 1. The summed E-state index contributed by atoms with van der Waals surface area (Å²) in [5, 5.41) is 32.2. The second kappa shape index (κ2) is 11.4. The standard InChI is InChI=1S/C8H9NO.2C2H2O4/c1-7(10)9-8-5-3-2-4-6-8;2*3-1(4)2(5)6/h2-6H,1H3,(H,9,10);2*(H,3,4)(H,5,6). The monoisotopic (exact) mass is 315 g/mol. The van der Waals surface area contributed by atoms with E-state index in [9.17, 15) is 4.79 Å². The van der Waals surface area contributed by atoms with E-state index in [0.717, 1.165) is 5.69 Å². The number of aliphatic carboxylic acids is 4. The van der Waals surface area contributed by atoms with E-state index in [1.54, 1.807) is 0 Å². The van der Waals surface area contributed by atoms with E-state index in [0.29, 0.717) is 0 Å². The predicted molar refractivity (Wildman–Crippen MR) is 71.3 cm³/mol. The zero-order valence-corrected chi connectivity index (χ0v) is 11.2. The Morgan fingerprint density at radius 1 is 0.727 bits per heavy atom. The van der Waals surface area contributed by atoms with Crippen LogP contribution < -0.4 is 5.32 Å². The van der Waals surface area contributed by atoms with Crippen molar-refractivity contribution in [2.75, 3.05) is 5.32 Å². The first-order chi connectivity index (χ1) is 10.1. The van der Waals surface area contributed by atoms with Crippen molar-refractivity contribution in [2.24, 2.45) is 0 Å². The van der Waals surface area contributed by atoms with Crippen LogP contribution in [0.5, 0.6) is 0 Å². The van der Waals surface area contributed by atoms with Gasteiger partial charge >= 0.3 is 23.9 Å². The van der Waals surface area contributed by atoms with Gasteiger partial charge in [-0.3, -0.25) is 4.79 Å². The summed E-state index contributed by atoms with van der Waals surface area (Å²) in [5.74, 6) is -7.33. The molecule has 1 rings (SSSR count). The van der Waals surface area contributed by atoms with Crippen molar-refractivity contribution in [2.45, 2.75) is 6.92 Å². The maximum absolute atomic E-state index is 10.5. The topological polar surface area (TPSA) is 178 Å². The molecule has 0 radical (unpaired) electrons. The Morgan fingerprint density at radius 2 is 1.05 bits per heavy atom. The lowest BCUT2D eigenvalue weighted by Gasteiger charge is -1.98. The van der Waals surface area contributed by atoms with Gasteiger partial charge in [-0.05, 0) is 12.1 Å². The van der Waals surface area contributed by atoms with Crippen LogP contribution >= 0.6 is 0 Å². The maximum atomic E-state index is 10.5. The third kappa shape index (κ3) is 14.6. The highest BCUT2D eigenvalue weighted by Gasteiger charge is 2.04. The number of carboxylic acid groups (broad SMARTS) is 4. The molecule has 0 spiro atoms. The fourth-order valence-electron chi connectivity index (χ4n) is 0.725. The van der Waals surface area contributed by atoms with Gasteiger partial charge in [0.15, 0.2) is 0 Å². The first kappa shape index (κ1) is 20.9. The molecule has 0 atom stereocenters. The lowest BCUT2D eigenvalue weighted by Crippen LogP contribution is -2.09. The quantitative estimate of drug-likeness (QED) is 0.444. The Kier molecular flexibility index (Phi) is 10.8.